The van der Waals surface area contributed by atoms with E-state index in [2.05, 4.69) is 10.3 Å². The second kappa shape index (κ2) is 8.33. The van der Waals surface area contributed by atoms with Crippen LogP contribution in [0.25, 0.3) is 10.9 Å². The normalized spacial score (nSPS) is 11.9. The lowest BCUT2D eigenvalue weighted by Gasteiger charge is -2.21. The number of phenolic OH excluding ortho intramolecular Hbond substituents is 1. The summed E-state index contributed by atoms with van der Waals surface area (Å²) in [7, 11) is 0. The highest BCUT2D eigenvalue weighted by Gasteiger charge is 2.22. The molecular formula is C24H19ClN2O2. The summed E-state index contributed by atoms with van der Waals surface area (Å²) >= 11 is 6.04. The Bertz CT molecular complexity index is 1140. The molecule has 0 radical (unpaired) electrons. The first-order valence-electron chi connectivity index (χ1n) is 9.27. The maximum Gasteiger partial charge on any atom is 0.225 e. The lowest BCUT2D eigenvalue weighted by atomic mass is 9.96. The monoisotopic (exact) mass is 402 g/mol. The zero-order valence-corrected chi connectivity index (χ0v) is 16.3. The average Bonchev–Trinajstić information content (AvgIpc) is 2.74. The van der Waals surface area contributed by atoms with Crippen LogP contribution >= 0.6 is 11.6 Å². The number of hydrogen-bond acceptors (Lipinski definition) is 3. The van der Waals surface area contributed by atoms with Crippen molar-refractivity contribution in [1.82, 2.24) is 10.3 Å². The number of halogens is 1. The summed E-state index contributed by atoms with van der Waals surface area (Å²) in [6.45, 7) is 0. The summed E-state index contributed by atoms with van der Waals surface area (Å²) in [4.78, 5) is 17.1. The highest BCUT2D eigenvalue weighted by Crippen LogP contribution is 2.34. The molecule has 4 rings (SSSR count). The third-order valence-corrected chi connectivity index (χ3v) is 5.06. The number of pyridine rings is 1. The molecule has 2 N–H and O–H groups in total. The molecule has 1 heterocycles. The van der Waals surface area contributed by atoms with E-state index in [1.54, 1.807) is 18.3 Å². The van der Waals surface area contributed by atoms with Crippen LogP contribution in [0, 0.1) is 0 Å². The zero-order chi connectivity index (χ0) is 20.2. The number of nitrogens with zero attached hydrogens (tertiary/aromatic N) is 1. The van der Waals surface area contributed by atoms with Gasteiger partial charge in [-0.25, -0.2) is 0 Å². The summed E-state index contributed by atoms with van der Waals surface area (Å²) in [5.41, 5.74) is 2.83. The van der Waals surface area contributed by atoms with Crippen molar-refractivity contribution in [1.29, 1.82) is 0 Å². The van der Waals surface area contributed by atoms with Gasteiger partial charge >= 0.3 is 0 Å². The van der Waals surface area contributed by atoms with Crippen LogP contribution in [0.5, 0.6) is 5.75 Å². The molecular weight excluding hydrogens is 384 g/mol. The summed E-state index contributed by atoms with van der Waals surface area (Å²) in [5, 5.41) is 15.4. The Kier molecular flexibility index (Phi) is 5.45. The van der Waals surface area contributed by atoms with Crippen LogP contribution in [0.2, 0.25) is 5.02 Å². The molecule has 1 amide bonds. The van der Waals surface area contributed by atoms with Gasteiger partial charge in [-0.15, -0.1) is 0 Å². The van der Waals surface area contributed by atoms with E-state index in [0.717, 1.165) is 16.5 Å². The van der Waals surface area contributed by atoms with Crippen LogP contribution in [0.15, 0.2) is 85.1 Å². The molecule has 5 heteroatoms. The van der Waals surface area contributed by atoms with E-state index >= 15 is 0 Å². The van der Waals surface area contributed by atoms with Gasteiger partial charge in [0.05, 0.1) is 12.5 Å². The lowest BCUT2D eigenvalue weighted by molar-refractivity contribution is -0.120. The van der Waals surface area contributed by atoms with Crippen molar-refractivity contribution in [2.75, 3.05) is 0 Å². The maximum atomic E-state index is 12.8. The number of amides is 1. The molecule has 1 aromatic heterocycles. The van der Waals surface area contributed by atoms with E-state index in [-0.39, 0.29) is 18.1 Å². The molecule has 0 aliphatic carbocycles. The Morgan fingerprint density at radius 2 is 1.72 bits per heavy atom. The highest BCUT2D eigenvalue weighted by molar-refractivity contribution is 6.30. The van der Waals surface area contributed by atoms with Gasteiger partial charge in [0.25, 0.3) is 0 Å². The molecule has 4 nitrogen and oxygen atoms in total. The Balaban J connectivity index is 1.72. The molecule has 0 aliphatic rings. The van der Waals surface area contributed by atoms with Gasteiger partial charge in [-0.2, -0.15) is 0 Å². The fourth-order valence-corrected chi connectivity index (χ4v) is 3.49. The van der Waals surface area contributed by atoms with Crippen molar-refractivity contribution >= 4 is 28.4 Å². The van der Waals surface area contributed by atoms with Crippen LogP contribution in [-0.4, -0.2) is 16.0 Å². The lowest BCUT2D eigenvalue weighted by Crippen LogP contribution is -2.30. The fraction of sp³-hybridized carbons (Fsp3) is 0.0833. The first-order chi connectivity index (χ1) is 14.1. The third-order valence-electron chi connectivity index (χ3n) is 4.81. The second-order valence-corrected chi connectivity index (χ2v) is 7.23. The standard InChI is InChI=1S/C24H19ClN2O2/c25-19-11-8-18(9-12-19)22(27-21(28)15-16-5-2-1-3-6-16)20-13-10-17-7-4-14-26-23(17)24(20)29/h1-14,22,29H,15H2,(H,27,28). The fourth-order valence-electron chi connectivity index (χ4n) is 3.37. The van der Waals surface area contributed by atoms with Crippen molar-refractivity contribution < 1.29 is 9.90 Å². The van der Waals surface area contributed by atoms with Crippen LogP contribution < -0.4 is 5.32 Å². The molecule has 1 unspecified atom stereocenters. The number of carbonyl (C=O) groups excluding carboxylic acids is 1. The Morgan fingerprint density at radius 3 is 2.48 bits per heavy atom. The zero-order valence-electron chi connectivity index (χ0n) is 15.5. The topological polar surface area (TPSA) is 62.2 Å². The number of aromatic nitrogens is 1. The minimum Gasteiger partial charge on any atom is -0.505 e. The number of carbonyl (C=O) groups is 1. The van der Waals surface area contributed by atoms with E-state index in [9.17, 15) is 9.90 Å². The summed E-state index contributed by atoms with van der Waals surface area (Å²) in [5.74, 6) is -0.0836. The first kappa shape index (κ1) is 19.0. The predicted octanol–water partition coefficient (Wildman–Crippen LogP) is 5.04. The Labute approximate surface area is 173 Å². The molecule has 0 saturated carbocycles. The number of aromatic hydroxyl groups is 1. The van der Waals surface area contributed by atoms with Crippen LogP contribution in [0.1, 0.15) is 22.7 Å². The van der Waals surface area contributed by atoms with Gasteiger partial charge < -0.3 is 10.4 Å². The van der Waals surface area contributed by atoms with E-state index in [1.165, 1.54) is 0 Å². The number of nitrogens with one attached hydrogen (secondary N) is 1. The van der Waals surface area contributed by atoms with Crippen LogP contribution in [0.4, 0.5) is 0 Å². The molecule has 29 heavy (non-hydrogen) atoms. The van der Waals surface area contributed by atoms with Crippen molar-refractivity contribution in [3.63, 3.8) is 0 Å². The predicted molar refractivity (Wildman–Crippen MR) is 115 cm³/mol. The van der Waals surface area contributed by atoms with Gasteiger partial charge in [0.15, 0.2) is 0 Å². The summed E-state index contributed by atoms with van der Waals surface area (Å²) < 4.78 is 0. The quantitative estimate of drug-likeness (QED) is 0.491. The van der Waals surface area contributed by atoms with E-state index in [4.69, 9.17) is 11.6 Å². The highest BCUT2D eigenvalue weighted by atomic mass is 35.5. The molecule has 0 saturated heterocycles. The van der Waals surface area contributed by atoms with Crippen molar-refractivity contribution in [3.8, 4) is 5.75 Å². The van der Waals surface area contributed by atoms with Crippen molar-refractivity contribution in [3.05, 3.63) is 107 Å². The molecule has 4 aromatic rings. The molecule has 1 atom stereocenters. The SMILES string of the molecule is O=C(Cc1ccccc1)NC(c1ccc(Cl)cc1)c1ccc2cccnc2c1O. The van der Waals surface area contributed by atoms with Gasteiger partial charge in [-0.3, -0.25) is 9.78 Å². The molecule has 0 bridgehead atoms. The minimum atomic E-state index is -0.533. The third kappa shape index (κ3) is 4.23. The van der Waals surface area contributed by atoms with Crippen LogP contribution in [0.3, 0.4) is 0 Å². The van der Waals surface area contributed by atoms with Crippen molar-refractivity contribution in [2.24, 2.45) is 0 Å². The van der Waals surface area contributed by atoms with Gasteiger partial charge in [0, 0.05) is 22.2 Å². The van der Waals surface area contributed by atoms with Gasteiger partial charge in [-0.1, -0.05) is 72.3 Å². The van der Waals surface area contributed by atoms with Gasteiger partial charge in [-0.05, 0) is 29.3 Å². The molecule has 0 fully saturated rings. The largest absolute Gasteiger partial charge is 0.505 e. The summed E-state index contributed by atoms with van der Waals surface area (Å²) in [6, 6.07) is 23.7. The van der Waals surface area contributed by atoms with E-state index < -0.39 is 6.04 Å². The number of hydrogen-bond donors (Lipinski definition) is 2. The summed E-state index contributed by atoms with van der Waals surface area (Å²) in [6.07, 6.45) is 1.88. The molecule has 0 aliphatic heterocycles. The van der Waals surface area contributed by atoms with Gasteiger partial charge in [0.1, 0.15) is 11.3 Å². The smallest absolute Gasteiger partial charge is 0.225 e. The number of benzene rings is 3. The maximum absolute atomic E-state index is 12.8. The Hall–Kier alpha value is -3.37. The number of fused-ring (bicyclic) bond motifs is 1. The number of rotatable bonds is 5. The average molecular weight is 403 g/mol. The van der Waals surface area contributed by atoms with Gasteiger partial charge in [0.2, 0.25) is 5.91 Å². The molecule has 3 aromatic carbocycles. The van der Waals surface area contributed by atoms with E-state index in [0.29, 0.717) is 16.1 Å². The molecule has 0 spiro atoms. The minimum absolute atomic E-state index is 0.0584. The first-order valence-corrected chi connectivity index (χ1v) is 9.65. The van der Waals surface area contributed by atoms with Crippen LogP contribution in [-0.2, 0) is 11.2 Å². The second-order valence-electron chi connectivity index (χ2n) is 6.79. The number of phenols is 1. The Morgan fingerprint density at radius 1 is 0.966 bits per heavy atom. The van der Waals surface area contributed by atoms with E-state index in [1.807, 2.05) is 66.7 Å². The van der Waals surface area contributed by atoms with Crippen molar-refractivity contribution in [2.45, 2.75) is 12.5 Å². The molecule has 144 valence electrons.